The Kier molecular flexibility index (Phi) is 1.89. The predicted molar refractivity (Wildman–Crippen MR) is 48.1 cm³/mol. The molecule has 66 valence electrons. The molecule has 0 aliphatic heterocycles. The summed E-state index contributed by atoms with van der Waals surface area (Å²) in [5, 5.41) is 7.35. The molecule has 3 heteroatoms. The Morgan fingerprint density at radius 2 is 2.33 bits per heavy atom. The number of nitrogens with two attached hydrogens (primary N) is 1. The molecule has 12 heavy (non-hydrogen) atoms. The average molecular weight is 165 g/mol. The summed E-state index contributed by atoms with van der Waals surface area (Å²) in [4.78, 5) is 0. The molecule has 0 aromatic carbocycles. The Balaban J connectivity index is 2.26. The molecule has 0 amide bonds. The third-order valence-electron chi connectivity index (χ3n) is 2.46. The van der Waals surface area contributed by atoms with Crippen molar-refractivity contribution in [2.75, 3.05) is 6.54 Å². The lowest BCUT2D eigenvalue weighted by Gasteiger charge is -1.98. The standard InChI is InChI=1S/C9H15N3/c1-6-8(4-5-10)9(12-11-6)7-2-3-7/h7H,2-5,10H2,1H3,(H,11,12). The van der Waals surface area contributed by atoms with Gasteiger partial charge in [0.05, 0.1) is 5.69 Å². The number of H-pyrrole nitrogens is 1. The maximum absolute atomic E-state index is 5.54. The van der Waals surface area contributed by atoms with Crippen molar-refractivity contribution in [3.05, 3.63) is 17.0 Å². The Bertz CT molecular complexity index is 273. The van der Waals surface area contributed by atoms with E-state index in [0.29, 0.717) is 0 Å². The van der Waals surface area contributed by atoms with Gasteiger partial charge in [-0.15, -0.1) is 0 Å². The molecular formula is C9H15N3. The highest BCUT2D eigenvalue weighted by molar-refractivity contribution is 5.30. The average Bonchev–Trinajstić information content (AvgIpc) is 2.82. The number of aryl methyl sites for hydroxylation is 1. The van der Waals surface area contributed by atoms with Crippen LogP contribution in [-0.2, 0) is 6.42 Å². The van der Waals surface area contributed by atoms with Crippen molar-refractivity contribution in [2.45, 2.75) is 32.1 Å². The topological polar surface area (TPSA) is 54.7 Å². The first kappa shape index (κ1) is 7.80. The molecule has 0 unspecified atom stereocenters. The van der Waals surface area contributed by atoms with Crippen LogP contribution in [0.1, 0.15) is 35.7 Å². The van der Waals surface area contributed by atoms with Gasteiger partial charge in [-0.3, -0.25) is 5.10 Å². The Hall–Kier alpha value is -0.830. The molecule has 0 radical (unpaired) electrons. The summed E-state index contributed by atoms with van der Waals surface area (Å²) in [7, 11) is 0. The van der Waals surface area contributed by atoms with Crippen molar-refractivity contribution >= 4 is 0 Å². The van der Waals surface area contributed by atoms with Gasteiger partial charge in [0.15, 0.2) is 0 Å². The van der Waals surface area contributed by atoms with Gasteiger partial charge in [0, 0.05) is 11.6 Å². The SMILES string of the molecule is Cc1[nH]nc(C2CC2)c1CCN. The van der Waals surface area contributed by atoms with E-state index in [0.717, 1.165) is 18.9 Å². The predicted octanol–water partition coefficient (Wildman–Crippen LogP) is 1.10. The molecule has 1 aromatic heterocycles. The minimum Gasteiger partial charge on any atom is -0.330 e. The summed E-state index contributed by atoms with van der Waals surface area (Å²) >= 11 is 0. The second-order valence-corrected chi connectivity index (χ2v) is 3.53. The fourth-order valence-electron chi connectivity index (χ4n) is 1.63. The molecule has 2 rings (SSSR count). The lowest BCUT2D eigenvalue weighted by atomic mass is 10.1. The van der Waals surface area contributed by atoms with Crippen LogP contribution in [0.2, 0.25) is 0 Å². The summed E-state index contributed by atoms with van der Waals surface area (Å²) in [5.74, 6) is 0.733. The minimum absolute atomic E-state index is 0.722. The minimum atomic E-state index is 0.722. The molecule has 0 atom stereocenters. The van der Waals surface area contributed by atoms with Gasteiger partial charge in [0.2, 0.25) is 0 Å². The maximum atomic E-state index is 5.54. The van der Waals surface area contributed by atoms with Crippen LogP contribution in [0.4, 0.5) is 0 Å². The Morgan fingerprint density at radius 3 is 2.92 bits per heavy atom. The van der Waals surface area contributed by atoms with Gasteiger partial charge in [-0.25, -0.2) is 0 Å². The van der Waals surface area contributed by atoms with E-state index in [1.165, 1.54) is 29.8 Å². The van der Waals surface area contributed by atoms with Crippen molar-refractivity contribution in [1.29, 1.82) is 0 Å². The fourth-order valence-corrected chi connectivity index (χ4v) is 1.63. The first-order valence-electron chi connectivity index (χ1n) is 4.56. The highest BCUT2D eigenvalue weighted by Crippen LogP contribution is 2.41. The lowest BCUT2D eigenvalue weighted by molar-refractivity contribution is 0.914. The van der Waals surface area contributed by atoms with Gasteiger partial charge in [-0.1, -0.05) is 0 Å². The largest absolute Gasteiger partial charge is 0.330 e. The second kappa shape index (κ2) is 2.90. The van der Waals surface area contributed by atoms with Gasteiger partial charge in [-0.2, -0.15) is 5.10 Å². The van der Waals surface area contributed by atoms with Crippen LogP contribution in [0.5, 0.6) is 0 Å². The Labute approximate surface area is 72.4 Å². The molecule has 1 aliphatic carbocycles. The number of nitrogens with zero attached hydrogens (tertiary/aromatic N) is 1. The molecule has 1 heterocycles. The molecule has 0 saturated heterocycles. The van der Waals surface area contributed by atoms with E-state index >= 15 is 0 Å². The number of aromatic amines is 1. The van der Waals surface area contributed by atoms with Crippen LogP contribution < -0.4 is 5.73 Å². The number of aromatic nitrogens is 2. The van der Waals surface area contributed by atoms with Gasteiger partial charge in [0.1, 0.15) is 0 Å². The van der Waals surface area contributed by atoms with Crippen LogP contribution in [0, 0.1) is 6.92 Å². The van der Waals surface area contributed by atoms with Crippen molar-refractivity contribution < 1.29 is 0 Å². The highest BCUT2D eigenvalue weighted by atomic mass is 15.1. The zero-order valence-corrected chi connectivity index (χ0v) is 7.43. The summed E-state index contributed by atoms with van der Waals surface area (Å²) < 4.78 is 0. The normalized spacial score (nSPS) is 16.8. The third-order valence-corrected chi connectivity index (χ3v) is 2.46. The quantitative estimate of drug-likeness (QED) is 0.704. The van der Waals surface area contributed by atoms with Crippen molar-refractivity contribution in [2.24, 2.45) is 5.73 Å². The van der Waals surface area contributed by atoms with Crippen LogP contribution in [0.15, 0.2) is 0 Å². The van der Waals surface area contributed by atoms with Crippen molar-refractivity contribution in [1.82, 2.24) is 10.2 Å². The smallest absolute Gasteiger partial charge is 0.0688 e. The summed E-state index contributed by atoms with van der Waals surface area (Å²) in [6.07, 6.45) is 3.58. The fraction of sp³-hybridized carbons (Fsp3) is 0.667. The third kappa shape index (κ3) is 1.25. The highest BCUT2D eigenvalue weighted by Gasteiger charge is 2.28. The van der Waals surface area contributed by atoms with E-state index in [1.54, 1.807) is 0 Å². The van der Waals surface area contributed by atoms with Gasteiger partial charge in [0.25, 0.3) is 0 Å². The van der Waals surface area contributed by atoms with Gasteiger partial charge >= 0.3 is 0 Å². The second-order valence-electron chi connectivity index (χ2n) is 3.53. The van der Waals surface area contributed by atoms with Crippen LogP contribution in [0.25, 0.3) is 0 Å². The zero-order valence-electron chi connectivity index (χ0n) is 7.43. The summed E-state index contributed by atoms with van der Waals surface area (Å²) in [6.45, 7) is 2.80. The summed E-state index contributed by atoms with van der Waals surface area (Å²) in [5.41, 5.74) is 9.37. The van der Waals surface area contributed by atoms with Crippen LogP contribution >= 0.6 is 0 Å². The van der Waals surface area contributed by atoms with Gasteiger partial charge in [-0.05, 0) is 38.3 Å². The molecule has 1 saturated carbocycles. The number of rotatable bonds is 3. The monoisotopic (exact) mass is 165 g/mol. The molecule has 0 bridgehead atoms. The van der Waals surface area contributed by atoms with Crippen LogP contribution in [0.3, 0.4) is 0 Å². The first-order valence-corrected chi connectivity index (χ1v) is 4.56. The van der Waals surface area contributed by atoms with Crippen molar-refractivity contribution in [3.8, 4) is 0 Å². The van der Waals surface area contributed by atoms with Gasteiger partial charge < -0.3 is 5.73 Å². The molecule has 3 N–H and O–H groups in total. The van der Waals surface area contributed by atoms with E-state index < -0.39 is 0 Å². The first-order chi connectivity index (χ1) is 5.83. The molecule has 1 aliphatic rings. The molecular weight excluding hydrogens is 150 g/mol. The van der Waals surface area contributed by atoms with E-state index in [2.05, 4.69) is 17.1 Å². The molecule has 0 spiro atoms. The zero-order chi connectivity index (χ0) is 8.55. The maximum Gasteiger partial charge on any atom is 0.0688 e. The molecule has 1 aromatic rings. The number of nitrogens with one attached hydrogen (secondary N) is 1. The van der Waals surface area contributed by atoms with Crippen LogP contribution in [-0.4, -0.2) is 16.7 Å². The lowest BCUT2D eigenvalue weighted by Crippen LogP contribution is -2.04. The molecule has 3 nitrogen and oxygen atoms in total. The van der Waals surface area contributed by atoms with E-state index in [9.17, 15) is 0 Å². The Morgan fingerprint density at radius 1 is 1.58 bits per heavy atom. The number of hydrogen-bond acceptors (Lipinski definition) is 2. The number of hydrogen-bond donors (Lipinski definition) is 2. The van der Waals surface area contributed by atoms with E-state index in [1.807, 2.05) is 0 Å². The van der Waals surface area contributed by atoms with Crippen molar-refractivity contribution in [3.63, 3.8) is 0 Å². The summed E-state index contributed by atoms with van der Waals surface area (Å²) in [6, 6.07) is 0. The van der Waals surface area contributed by atoms with E-state index in [-0.39, 0.29) is 0 Å². The molecule has 1 fully saturated rings. The van der Waals surface area contributed by atoms with E-state index in [4.69, 9.17) is 5.73 Å².